The third-order valence-corrected chi connectivity index (χ3v) is 5.37. The Balaban J connectivity index is 2.26. The van der Waals surface area contributed by atoms with Crippen LogP contribution in [0.3, 0.4) is 0 Å². The number of likely N-dealkylation sites (tertiary alicyclic amines) is 1. The van der Waals surface area contributed by atoms with Crippen molar-refractivity contribution in [2.75, 3.05) is 19.6 Å². The summed E-state index contributed by atoms with van der Waals surface area (Å²) < 4.78 is 0. The topological polar surface area (TPSA) is 15.3 Å². The first kappa shape index (κ1) is 14.3. The molecule has 1 fully saturated rings. The number of rotatable bonds is 5. The second-order valence-electron chi connectivity index (χ2n) is 5.47. The van der Waals surface area contributed by atoms with Gasteiger partial charge in [-0.1, -0.05) is 18.5 Å². The zero-order valence-corrected chi connectivity index (χ0v) is 13.1. The van der Waals surface area contributed by atoms with Gasteiger partial charge < -0.3 is 5.32 Å². The van der Waals surface area contributed by atoms with Crippen molar-refractivity contribution < 1.29 is 0 Å². The highest BCUT2D eigenvalue weighted by molar-refractivity contribution is 7.10. The predicted octanol–water partition coefficient (Wildman–Crippen LogP) is 3.93. The van der Waals surface area contributed by atoms with Crippen LogP contribution in [0.1, 0.15) is 44.5 Å². The second-order valence-corrected chi connectivity index (χ2v) is 6.83. The molecule has 1 aromatic rings. The molecule has 4 heteroatoms. The molecular formula is C14H23ClN2S. The van der Waals surface area contributed by atoms with Crippen molar-refractivity contribution in [2.24, 2.45) is 0 Å². The molecule has 1 N–H and O–H groups in total. The molecule has 1 aliphatic heterocycles. The molecule has 1 aromatic heterocycles. The van der Waals surface area contributed by atoms with Crippen LogP contribution in [0.5, 0.6) is 0 Å². The Labute approximate surface area is 119 Å². The van der Waals surface area contributed by atoms with Gasteiger partial charge in [0.15, 0.2) is 0 Å². The fourth-order valence-electron chi connectivity index (χ4n) is 2.85. The summed E-state index contributed by atoms with van der Waals surface area (Å²) in [5.74, 6) is 0. The van der Waals surface area contributed by atoms with Gasteiger partial charge in [0, 0.05) is 10.4 Å². The van der Waals surface area contributed by atoms with E-state index in [1.807, 2.05) is 6.07 Å². The smallest absolute Gasteiger partial charge is 0.0611 e. The monoisotopic (exact) mass is 286 g/mol. The molecule has 1 atom stereocenters. The van der Waals surface area contributed by atoms with Gasteiger partial charge in [-0.15, -0.1) is 11.3 Å². The van der Waals surface area contributed by atoms with E-state index in [0.717, 1.165) is 11.6 Å². The maximum Gasteiger partial charge on any atom is 0.0611 e. The van der Waals surface area contributed by atoms with Gasteiger partial charge in [-0.2, -0.15) is 0 Å². The average molecular weight is 287 g/mol. The van der Waals surface area contributed by atoms with Crippen molar-refractivity contribution in [1.82, 2.24) is 10.2 Å². The third kappa shape index (κ3) is 2.74. The summed E-state index contributed by atoms with van der Waals surface area (Å²) >= 11 is 8.10. The van der Waals surface area contributed by atoms with E-state index < -0.39 is 0 Å². The Morgan fingerprint density at radius 3 is 2.61 bits per heavy atom. The van der Waals surface area contributed by atoms with E-state index in [2.05, 4.69) is 36.4 Å². The lowest BCUT2D eigenvalue weighted by Crippen LogP contribution is -2.51. The Hall–Kier alpha value is -0.0900. The highest BCUT2D eigenvalue weighted by atomic mass is 35.5. The lowest BCUT2D eigenvalue weighted by atomic mass is 9.91. The van der Waals surface area contributed by atoms with E-state index in [0.29, 0.717) is 6.04 Å². The quantitative estimate of drug-likeness (QED) is 0.882. The van der Waals surface area contributed by atoms with Crippen molar-refractivity contribution in [1.29, 1.82) is 0 Å². The highest BCUT2D eigenvalue weighted by Gasteiger charge is 2.38. The van der Waals surface area contributed by atoms with E-state index >= 15 is 0 Å². The summed E-state index contributed by atoms with van der Waals surface area (Å²) in [5.41, 5.74) is 0.112. The zero-order valence-electron chi connectivity index (χ0n) is 11.5. The van der Waals surface area contributed by atoms with E-state index in [1.165, 1.54) is 30.8 Å². The molecule has 0 radical (unpaired) electrons. The van der Waals surface area contributed by atoms with E-state index in [4.69, 9.17) is 11.6 Å². The number of nitrogens with one attached hydrogen (secondary N) is 1. The molecule has 2 nitrogen and oxygen atoms in total. The summed E-state index contributed by atoms with van der Waals surface area (Å²) in [6, 6.07) is 2.32. The first-order valence-electron chi connectivity index (χ1n) is 6.78. The van der Waals surface area contributed by atoms with Crippen LogP contribution in [-0.4, -0.2) is 30.1 Å². The lowest BCUT2D eigenvalue weighted by molar-refractivity contribution is 0.109. The molecule has 0 aliphatic carbocycles. The van der Waals surface area contributed by atoms with Gasteiger partial charge in [-0.05, 0) is 57.8 Å². The van der Waals surface area contributed by atoms with Gasteiger partial charge in [-0.25, -0.2) is 0 Å². The predicted molar refractivity (Wildman–Crippen MR) is 80.6 cm³/mol. The number of hydrogen-bond donors (Lipinski definition) is 1. The van der Waals surface area contributed by atoms with Crippen LogP contribution in [0.2, 0.25) is 5.02 Å². The maximum absolute atomic E-state index is 6.33. The van der Waals surface area contributed by atoms with Crippen LogP contribution in [0.15, 0.2) is 11.4 Å². The summed E-state index contributed by atoms with van der Waals surface area (Å²) in [4.78, 5) is 3.87. The molecule has 18 heavy (non-hydrogen) atoms. The van der Waals surface area contributed by atoms with Crippen molar-refractivity contribution in [3.8, 4) is 0 Å². The van der Waals surface area contributed by atoms with Crippen molar-refractivity contribution in [2.45, 2.75) is 45.2 Å². The molecule has 0 bridgehead atoms. The Morgan fingerprint density at radius 2 is 2.11 bits per heavy atom. The van der Waals surface area contributed by atoms with Gasteiger partial charge in [-0.3, -0.25) is 4.90 Å². The van der Waals surface area contributed by atoms with Crippen molar-refractivity contribution in [3.05, 3.63) is 21.3 Å². The molecule has 2 rings (SSSR count). The number of halogens is 1. The average Bonchev–Trinajstić information content (AvgIpc) is 2.96. The molecule has 2 heterocycles. The lowest BCUT2D eigenvalue weighted by Gasteiger charge is -2.42. The molecule has 0 aromatic carbocycles. The number of thiophene rings is 1. The Morgan fingerprint density at radius 1 is 1.44 bits per heavy atom. The van der Waals surface area contributed by atoms with Gasteiger partial charge in [0.2, 0.25) is 0 Å². The van der Waals surface area contributed by atoms with Gasteiger partial charge in [0.1, 0.15) is 0 Å². The SMILES string of the molecule is CCNC(c1sccc1Cl)C(C)(C)N1CCCC1. The summed E-state index contributed by atoms with van der Waals surface area (Å²) in [7, 11) is 0. The van der Waals surface area contributed by atoms with Crippen LogP contribution >= 0.6 is 22.9 Å². The minimum absolute atomic E-state index is 0.112. The van der Waals surface area contributed by atoms with Gasteiger partial charge in [0.25, 0.3) is 0 Å². The normalized spacial score (nSPS) is 19.3. The highest BCUT2D eigenvalue weighted by Crippen LogP contribution is 2.39. The van der Waals surface area contributed by atoms with E-state index in [9.17, 15) is 0 Å². The first-order valence-corrected chi connectivity index (χ1v) is 8.04. The third-order valence-electron chi connectivity index (χ3n) is 3.94. The molecule has 1 aliphatic rings. The molecule has 0 saturated carbocycles. The summed E-state index contributed by atoms with van der Waals surface area (Å²) in [6.45, 7) is 10.2. The van der Waals surface area contributed by atoms with Crippen LogP contribution in [0.25, 0.3) is 0 Å². The molecule has 0 amide bonds. The molecule has 1 unspecified atom stereocenters. The van der Waals surface area contributed by atoms with Crippen LogP contribution in [0.4, 0.5) is 0 Å². The van der Waals surface area contributed by atoms with Crippen LogP contribution in [-0.2, 0) is 0 Å². The Kier molecular flexibility index (Phi) is 4.70. The molecule has 0 spiro atoms. The number of likely N-dealkylation sites (N-methyl/N-ethyl adjacent to an activating group) is 1. The first-order chi connectivity index (χ1) is 8.57. The minimum Gasteiger partial charge on any atom is -0.308 e. The molecule has 102 valence electrons. The maximum atomic E-state index is 6.33. The second kappa shape index (κ2) is 5.91. The molecular weight excluding hydrogens is 264 g/mol. The zero-order chi connectivity index (χ0) is 13.2. The molecule has 1 saturated heterocycles. The minimum atomic E-state index is 0.112. The van der Waals surface area contributed by atoms with Crippen LogP contribution < -0.4 is 5.32 Å². The fourth-order valence-corrected chi connectivity index (χ4v) is 4.27. The van der Waals surface area contributed by atoms with E-state index in [1.54, 1.807) is 11.3 Å². The standard InChI is InChI=1S/C14H23ClN2S/c1-4-16-13(12-11(15)7-10-18-12)14(2,3)17-8-5-6-9-17/h7,10,13,16H,4-6,8-9H2,1-3H3. The number of hydrogen-bond acceptors (Lipinski definition) is 3. The fraction of sp³-hybridized carbons (Fsp3) is 0.714. The van der Waals surface area contributed by atoms with E-state index in [-0.39, 0.29) is 5.54 Å². The largest absolute Gasteiger partial charge is 0.308 e. The summed E-state index contributed by atoms with van der Waals surface area (Å²) in [6.07, 6.45) is 2.64. The Bertz CT molecular complexity index is 383. The number of nitrogens with zero attached hydrogens (tertiary/aromatic N) is 1. The van der Waals surface area contributed by atoms with Gasteiger partial charge >= 0.3 is 0 Å². The van der Waals surface area contributed by atoms with Crippen molar-refractivity contribution in [3.63, 3.8) is 0 Å². The van der Waals surface area contributed by atoms with Gasteiger partial charge in [0.05, 0.1) is 11.1 Å². The van der Waals surface area contributed by atoms with Crippen molar-refractivity contribution >= 4 is 22.9 Å². The summed E-state index contributed by atoms with van der Waals surface area (Å²) in [5, 5.41) is 6.61. The van der Waals surface area contributed by atoms with Crippen LogP contribution in [0, 0.1) is 0 Å².